The van der Waals surface area contributed by atoms with Gasteiger partial charge in [-0.3, -0.25) is 0 Å². The van der Waals surface area contributed by atoms with Crippen LogP contribution >= 0.6 is 0 Å². The monoisotopic (exact) mass is 438 g/mol. The van der Waals surface area contributed by atoms with Crippen LogP contribution < -0.4 is 0 Å². The minimum atomic E-state index is -0.0533. The van der Waals surface area contributed by atoms with E-state index in [9.17, 15) is 4.39 Å². The zero-order valence-electron chi connectivity index (χ0n) is 20.7. The second-order valence-corrected chi connectivity index (χ2v) is 12.4. The lowest BCUT2D eigenvalue weighted by atomic mass is 9.60. The number of rotatable bonds is 6. The van der Waals surface area contributed by atoms with E-state index in [1.807, 2.05) is 0 Å². The van der Waals surface area contributed by atoms with E-state index in [2.05, 4.69) is 13.0 Å². The Morgan fingerprint density at radius 3 is 2.12 bits per heavy atom. The van der Waals surface area contributed by atoms with Crippen LogP contribution in [0.3, 0.4) is 0 Å². The molecule has 0 aliphatic heterocycles. The number of hydrogen-bond acceptors (Lipinski definition) is 0. The van der Waals surface area contributed by atoms with Crippen LogP contribution in [-0.2, 0) is 12.8 Å². The number of halogens is 1. The van der Waals surface area contributed by atoms with Gasteiger partial charge in [-0.1, -0.05) is 45.1 Å². The number of hydrogen-bond donors (Lipinski definition) is 0. The average molecular weight is 439 g/mol. The van der Waals surface area contributed by atoms with Crippen LogP contribution in [0.2, 0.25) is 0 Å². The molecule has 0 radical (unpaired) electrons. The summed E-state index contributed by atoms with van der Waals surface area (Å²) in [5.41, 5.74) is 2.72. The molecule has 0 aromatic heterocycles. The molecule has 0 saturated heterocycles. The molecule has 5 unspecified atom stereocenters. The lowest BCUT2D eigenvalue weighted by Gasteiger charge is -2.46. The van der Waals surface area contributed by atoms with E-state index in [1.54, 1.807) is 44.2 Å². The normalized spacial score (nSPS) is 37.5. The Hall–Kier alpha value is -0.850. The molecular weight excluding hydrogens is 391 g/mol. The zero-order valence-corrected chi connectivity index (χ0v) is 20.7. The van der Waals surface area contributed by atoms with Crippen LogP contribution in [0.15, 0.2) is 18.2 Å². The van der Waals surface area contributed by atoms with E-state index < -0.39 is 0 Å². The molecule has 1 aromatic rings. The van der Waals surface area contributed by atoms with E-state index in [0.29, 0.717) is 0 Å². The first-order valence-electron chi connectivity index (χ1n) is 14.5. The summed E-state index contributed by atoms with van der Waals surface area (Å²) in [7, 11) is 0. The van der Waals surface area contributed by atoms with Crippen LogP contribution in [0.1, 0.15) is 114 Å². The first-order valence-corrected chi connectivity index (χ1v) is 14.5. The lowest BCUT2D eigenvalue weighted by molar-refractivity contribution is 0.0527. The standard InChI is InChI=1S/C31H47F/c1-2-3-4-5-22-6-7-28-19-26(13-12-25(28)18-22)23-8-10-24(11-9-23)27-14-15-30-21-31(32)17-16-29(30)20-27/h16-17,21-28H,2-15,18-20H2,1H3. The van der Waals surface area contributed by atoms with Crippen molar-refractivity contribution in [3.63, 3.8) is 0 Å². The number of unbranched alkanes of at least 4 members (excludes halogenated alkanes) is 2. The first-order chi connectivity index (χ1) is 15.7. The van der Waals surface area contributed by atoms with Crippen molar-refractivity contribution in [1.29, 1.82) is 0 Å². The Labute approximate surface area is 197 Å². The van der Waals surface area contributed by atoms with Crippen molar-refractivity contribution in [2.45, 2.75) is 116 Å². The SMILES string of the molecule is CCCCCC1CCC2CC(C3CCC(C4CCc5cc(F)ccc5C4)CC3)CCC2C1. The Morgan fingerprint density at radius 2 is 1.34 bits per heavy atom. The third-order valence-electron chi connectivity index (χ3n) is 10.6. The number of aryl methyl sites for hydroxylation is 1. The first kappa shape index (κ1) is 22.9. The lowest BCUT2D eigenvalue weighted by Crippen LogP contribution is -2.35. The van der Waals surface area contributed by atoms with Gasteiger partial charge in [0.15, 0.2) is 0 Å². The van der Waals surface area contributed by atoms with Gasteiger partial charge in [0.05, 0.1) is 0 Å². The van der Waals surface area contributed by atoms with E-state index in [0.717, 1.165) is 47.8 Å². The van der Waals surface area contributed by atoms with Crippen LogP contribution in [-0.4, -0.2) is 0 Å². The second-order valence-electron chi connectivity index (χ2n) is 12.4. The van der Waals surface area contributed by atoms with Crippen LogP contribution in [0.5, 0.6) is 0 Å². The molecule has 32 heavy (non-hydrogen) atoms. The molecule has 5 rings (SSSR count). The summed E-state index contributed by atoms with van der Waals surface area (Å²) in [6.07, 6.45) is 24.7. The summed E-state index contributed by atoms with van der Waals surface area (Å²) in [5, 5.41) is 0. The van der Waals surface area contributed by atoms with Crippen molar-refractivity contribution >= 4 is 0 Å². The molecule has 1 heteroatoms. The van der Waals surface area contributed by atoms with Crippen molar-refractivity contribution in [3.05, 3.63) is 35.1 Å². The van der Waals surface area contributed by atoms with E-state index >= 15 is 0 Å². The minimum absolute atomic E-state index is 0.0533. The number of benzene rings is 1. The van der Waals surface area contributed by atoms with Crippen LogP contribution in [0.4, 0.5) is 4.39 Å². The van der Waals surface area contributed by atoms with Gasteiger partial charge in [0.2, 0.25) is 0 Å². The summed E-state index contributed by atoms with van der Waals surface area (Å²) in [4.78, 5) is 0. The Kier molecular flexibility index (Phi) is 7.60. The van der Waals surface area contributed by atoms with Gasteiger partial charge in [-0.2, -0.15) is 0 Å². The van der Waals surface area contributed by atoms with Crippen LogP contribution in [0, 0.1) is 47.2 Å². The third kappa shape index (κ3) is 5.28. The summed E-state index contributed by atoms with van der Waals surface area (Å²) >= 11 is 0. The van der Waals surface area contributed by atoms with Gasteiger partial charge in [-0.25, -0.2) is 4.39 Å². The molecule has 0 spiro atoms. The van der Waals surface area contributed by atoms with Gasteiger partial charge in [-0.05, 0) is 142 Å². The number of fused-ring (bicyclic) bond motifs is 2. The highest BCUT2D eigenvalue weighted by Gasteiger charge is 2.39. The van der Waals surface area contributed by atoms with E-state index in [1.165, 1.54) is 81.8 Å². The highest BCUT2D eigenvalue weighted by molar-refractivity contribution is 5.30. The van der Waals surface area contributed by atoms with Crippen molar-refractivity contribution in [1.82, 2.24) is 0 Å². The smallest absolute Gasteiger partial charge is 0.123 e. The zero-order chi connectivity index (χ0) is 21.9. The molecule has 4 aliphatic rings. The van der Waals surface area contributed by atoms with Gasteiger partial charge in [0, 0.05) is 0 Å². The van der Waals surface area contributed by atoms with Gasteiger partial charge >= 0.3 is 0 Å². The Balaban J connectivity index is 1.07. The summed E-state index contributed by atoms with van der Waals surface area (Å²) < 4.78 is 13.6. The van der Waals surface area contributed by atoms with Gasteiger partial charge in [-0.15, -0.1) is 0 Å². The molecule has 0 heterocycles. The van der Waals surface area contributed by atoms with Gasteiger partial charge in [0.25, 0.3) is 0 Å². The summed E-state index contributed by atoms with van der Waals surface area (Å²) in [6.45, 7) is 2.34. The second kappa shape index (κ2) is 10.6. The van der Waals surface area contributed by atoms with Crippen molar-refractivity contribution in [2.75, 3.05) is 0 Å². The molecule has 1 aromatic carbocycles. The quantitative estimate of drug-likeness (QED) is 0.388. The molecule has 0 bridgehead atoms. The molecule has 3 fully saturated rings. The predicted octanol–water partition coefficient (Wildman–Crippen LogP) is 9.15. The molecule has 4 aliphatic carbocycles. The maximum atomic E-state index is 13.6. The maximum absolute atomic E-state index is 13.6. The topological polar surface area (TPSA) is 0 Å². The minimum Gasteiger partial charge on any atom is -0.207 e. The summed E-state index contributed by atoms with van der Waals surface area (Å²) in [5.74, 6) is 7.02. The van der Waals surface area contributed by atoms with Crippen molar-refractivity contribution in [2.24, 2.45) is 41.4 Å². The average Bonchev–Trinajstić information content (AvgIpc) is 2.83. The molecule has 0 amide bonds. The van der Waals surface area contributed by atoms with Gasteiger partial charge < -0.3 is 0 Å². The Bertz CT molecular complexity index is 730. The van der Waals surface area contributed by atoms with Crippen molar-refractivity contribution < 1.29 is 4.39 Å². The fraction of sp³-hybridized carbons (Fsp3) is 0.806. The molecule has 0 N–H and O–H groups in total. The fourth-order valence-electron chi connectivity index (χ4n) is 8.64. The van der Waals surface area contributed by atoms with Gasteiger partial charge in [0.1, 0.15) is 5.82 Å². The highest BCUT2D eigenvalue weighted by Crippen LogP contribution is 2.50. The largest absolute Gasteiger partial charge is 0.207 e. The molecule has 3 saturated carbocycles. The third-order valence-corrected chi connectivity index (χ3v) is 10.6. The molecule has 5 atom stereocenters. The van der Waals surface area contributed by atoms with E-state index in [4.69, 9.17) is 0 Å². The predicted molar refractivity (Wildman–Crippen MR) is 133 cm³/mol. The molecule has 0 nitrogen and oxygen atoms in total. The van der Waals surface area contributed by atoms with Crippen LogP contribution in [0.25, 0.3) is 0 Å². The molecular formula is C31H47F. The Morgan fingerprint density at radius 1 is 0.688 bits per heavy atom. The van der Waals surface area contributed by atoms with Crippen molar-refractivity contribution in [3.8, 4) is 0 Å². The highest BCUT2D eigenvalue weighted by atomic mass is 19.1. The fourth-order valence-corrected chi connectivity index (χ4v) is 8.64. The van der Waals surface area contributed by atoms with E-state index in [-0.39, 0.29) is 5.82 Å². The molecule has 178 valence electrons. The maximum Gasteiger partial charge on any atom is 0.123 e. The summed E-state index contributed by atoms with van der Waals surface area (Å²) in [6, 6.07) is 5.53.